The molecule has 0 spiro atoms. The minimum absolute atomic E-state index is 0.0334. The molecule has 322 valence electrons. The molecule has 0 heterocycles. The molecule has 3 N–H and O–H groups in total. The van der Waals surface area contributed by atoms with Gasteiger partial charge in [0.1, 0.15) is 6.61 Å². The molecule has 0 aliphatic rings. The predicted octanol–water partition coefficient (Wildman–Crippen LogP) is 12.4. The number of carbonyl (C=O) groups excluding carboxylic acids is 2. The molecule has 0 aliphatic carbocycles. The molecular weight excluding hydrogens is 737 g/mol. The Bertz CT molecular complexity index is 1290. The number of unbranched alkanes of at least 4 members (excludes halogenated alkanes) is 7. The molecule has 0 aromatic carbocycles. The Morgan fingerprint density at radius 3 is 1.46 bits per heavy atom. The average Bonchev–Trinajstić information content (AvgIpc) is 3.20. The molecule has 0 saturated carbocycles. The first-order chi connectivity index (χ1) is 27.8. The van der Waals surface area contributed by atoms with Gasteiger partial charge < -0.3 is 20.1 Å². The number of esters is 2. The van der Waals surface area contributed by atoms with Crippen molar-refractivity contribution in [2.75, 3.05) is 26.4 Å². The van der Waals surface area contributed by atoms with E-state index < -0.39 is 32.5 Å². The van der Waals surface area contributed by atoms with Gasteiger partial charge in [0, 0.05) is 19.4 Å². The molecule has 10 heteroatoms. The molecule has 2 atom stereocenters. The van der Waals surface area contributed by atoms with Crippen LogP contribution in [0.5, 0.6) is 0 Å². The Kier molecular flexibility index (Phi) is 39.8. The molecule has 0 fully saturated rings. The lowest BCUT2D eigenvalue weighted by Crippen LogP contribution is -2.29. The van der Waals surface area contributed by atoms with E-state index in [4.69, 9.17) is 24.3 Å². The molecule has 0 aromatic rings. The fourth-order valence-electron chi connectivity index (χ4n) is 5.00. The highest BCUT2D eigenvalue weighted by Gasteiger charge is 2.25. The van der Waals surface area contributed by atoms with Crippen LogP contribution in [0.2, 0.25) is 0 Å². The van der Waals surface area contributed by atoms with Crippen molar-refractivity contribution in [1.29, 1.82) is 0 Å². The minimum Gasteiger partial charge on any atom is -0.462 e. The van der Waals surface area contributed by atoms with Crippen LogP contribution < -0.4 is 5.73 Å². The maximum atomic E-state index is 12.6. The third kappa shape index (κ3) is 42.1. The van der Waals surface area contributed by atoms with Gasteiger partial charge >= 0.3 is 19.8 Å². The number of hydrogen-bond donors (Lipinski definition) is 2. The van der Waals surface area contributed by atoms with Gasteiger partial charge in [-0.15, -0.1) is 0 Å². The summed E-state index contributed by atoms with van der Waals surface area (Å²) >= 11 is 0. The van der Waals surface area contributed by atoms with Crippen LogP contribution in [0.15, 0.2) is 109 Å². The standard InChI is InChI=1S/C47H76NO8P/c1-3-5-7-9-11-13-15-17-19-21-22-24-25-27-29-31-33-35-37-39-46(49)53-43-45(44-55-57(51,52)54-42-41-48)56-47(50)40-38-36-34-32-30-28-26-23-20-18-16-14-12-10-8-6-4-2/h5,7,11-14,17-20,22,24,26-29,32,34,45H,3-4,6,8-10,15-16,21,23,25,30-31,33,35-44,48H2,1-2H3,(H,51,52). The number of phosphoric acid groups is 1. The van der Waals surface area contributed by atoms with Crippen molar-refractivity contribution in [2.24, 2.45) is 5.73 Å². The first-order valence-electron chi connectivity index (χ1n) is 21.4. The number of allylic oxidation sites excluding steroid dienone is 18. The van der Waals surface area contributed by atoms with Crippen LogP contribution in [0.1, 0.15) is 142 Å². The van der Waals surface area contributed by atoms with Crippen LogP contribution in [-0.4, -0.2) is 49.3 Å². The predicted molar refractivity (Wildman–Crippen MR) is 238 cm³/mol. The van der Waals surface area contributed by atoms with Crippen LogP contribution in [0.25, 0.3) is 0 Å². The van der Waals surface area contributed by atoms with E-state index in [9.17, 15) is 19.0 Å². The Balaban J connectivity index is 4.35. The van der Waals surface area contributed by atoms with Gasteiger partial charge in [-0.25, -0.2) is 4.57 Å². The molecule has 57 heavy (non-hydrogen) atoms. The Morgan fingerprint density at radius 2 is 0.982 bits per heavy atom. The second-order valence-electron chi connectivity index (χ2n) is 13.5. The van der Waals surface area contributed by atoms with Gasteiger partial charge in [0.15, 0.2) is 6.10 Å². The molecule has 0 radical (unpaired) electrons. The van der Waals surface area contributed by atoms with E-state index in [1.165, 1.54) is 19.3 Å². The summed E-state index contributed by atoms with van der Waals surface area (Å²) in [6.07, 6.45) is 55.5. The van der Waals surface area contributed by atoms with Crippen molar-refractivity contribution in [1.82, 2.24) is 0 Å². The smallest absolute Gasteiger partial charge is 0.462 e. The van der Waals surface area contributed by atoms with Gasteiger partial charge in [0.05, 0.1) is 13.2 Å². The first kappa shape index (κ1) is 53.7. The topological polar surface area (TPSA) is 134 Å². The van der Waals surface area contributed by atoms with Crippen molar-refractivity contribution in [2.45, 2.75) is 148 Å². The highest BCUT2D eigenvalue weighted by molar-refractivity contribution is 7.47. The van der Waals surface area contributed by atoms with Crippen molar-refractivity contribution in [3.05, 3.63) is 109 Å². The number of phosphoric ester groups is 1. The van der Waals surface area contributed by atoms with Gasteiger partial charge in [-0.3, -0.25) is 18.6 Å². The van der Waals surface area contributed by atoms with Gasteiger partial charge in [-0.2, -0.15) is 0 Å². The van der Waals surface area contributed by atoms with Gasteiger partial charge in [-0.05, 0) is 96.3 Å². The first-order valence-corrected chi connectivity index (χ1v) is 22.9. The fraction of sp³-hybridized carbons (Fsp3) is 0.574. The van der Waals surface area contributed by atoms with Crippen molar-refractivity contribution in [3.8, 4) is 0 Å². The number of carbonyl (C=O) groups is 2. The molecule has 0 amide bonds. The van der Waals surface area contributed by atoms with E-state index in [1.807, 2.05) is 6.08 Å². The van der Waals surface area contributed by atoms with Crippen LogP contribution in [0.4, 0.5) is 0 Å². The third-order valence-electron chi connectivity index (χ3n) is 8.14. The van der Waals surface area contributed by atoms with Crippen LogP contribution in [0, 0.1) is 0 Å². The summed E-state index contributed by atoms with van der Waals surface area (Å²) in [7, 11) is -4.41. The lowest BCUT2D eigenvalue weighted by Gasteiger charge is -2.19. The van der Waals surface area contributed by atoms with Gasteiger partial charge in [-0.1, -0.05) is 142 Å². The number of rotatable bonds is 38. The zero-order chi connectivity index (χ0) is 41.8. The molecule has 0 rings (SSSR count). The fourth-order valence-corrected chi connectivity index (χ4v) is 5.77. The second kappa shape index (κ2) is 42.3. The van der Waals surface area contributed by atoms with Crippen molar-refractivity contribution < 1.29 is 37.6 Å². The highest BCUT2D eigenvalue weighted by atomic mass is 31.2. The normalized spacial score (nSPS) is 14.4. The third-order valence-corrected chi connectivity index (χ3v) is 9.13. The number of ether oxygens (including phenoxy) is 2. The molecule has 0 saturated heterocycles. The molecule has 2 unspecified atom stereocenters. The monoisotopic (exact) mass is 814 g/mol. The molecule has 0 aromatic heterocycles. The van der Waals surface area contributed by atoms with E-state index in [2.05, 4.69) is 117 Å². The van der Waals surface area contributed by atoms with Crippen molar-refractivity contribution in [3.63, 3.8) is 0 Å². The number of nitrogens with two attached hydrogens (primary N) is 1. The summed E-state index contributed by atoms with van der Waals surface area (Å²) in [4.78, 5) is 34.8. The second-order valence-corrected chi connectivity index (χ2v) is 14.9. The van der Waals surface area contributed by atoms with E-state index in [-0.39, 0.29) is 32.6 Å². The lowest BCUT2D eigenvalue weighted by atomic mass is 10.1. The molecule has 9 nitrogen and oxygen atoms in total. The summed E-state index contributed by atoms with van der Waals surface area (Å²) in [5.41, 5.74) is 5.34. The summed E-state index contributed by atoms with van der Waals surface area (Å²) in [5.74, 6) is -0.945. The minimum atomic E-state index is -4.41. The summed E-state index contributed by atoms with van der Waals surface area (Å²) < 4.78 is 32.7. The van der Waals surface area contributed by atoms with E-state index in [0.29, 0.717) is 19.3 Å². The zero-order valence-electron chi connectivity index (χ0n) is 35.3. The molecule has 0 bridgehead atoms. The van der Waals surface area contributed by atoms with E-state index in [1.54, 1.807) is 0 Å². The quantitative estimate of drug-likeness (QED) is 0.0270. The average molecular weight is 814 g/mol. The molecular formula is C47H76NO8P. The number of hydrogen-bond acceptors (Lipinski definition) is 8. The van der Waals surface area contributed by atoms with Crippen molar-refractivity contribution >= 4 is 19.8 Å². The summed E-state index contributed by atoms with van der Waals surface area (Å²) in [6, 6.07) is 0. The van der Waals surface area contributed by atoms with Gasteiger partial charge in [0.25, 0.3) is 0 Å². The highest BCUT2D eigenvalue weighted by Crippen LogP contribution is 2.43. The Morgan fingerprint density at radius 1 is 0.544 bits per heavy atom. The lowest BCUT2D eigenvalue weighted by molar-refractivity contribution is -0.161. The SMILES string of the molecule is CCC=CCC=CCC=CCC=CCC=CCCCCCC(=O)OCC(COP(=O)(O)OCCN)OC(=O)CCCC=CCC=CCC=CCC=CCCCCC. The zero-order valence-corrected chi connectivity index (χ0v) is 36.2. The summed E-state index contributed by atoms with van der Waals surface area (Å²) in [5, 5.41) is 0. The maximum absolute atomic E-state index is 12.6. The summed E-state index contributed by atoms with van der Waals surface area (Å²) in [6.45, 7) is 3.45. The largest absolute Gasteiger partial charge is 0.472 e. The van der Waals surface area contributed by atoms with Crippen LogP contribution in [0.3, 0.4) is 0 Å². The van der Waals surface area contributed by atoms with Crippen LogP contribution >= 0.6 is 7.82 Å². The Hall–Kier alpha value is -3.33. The molecule has 0 aliphatic heterocycles. The van der Waals surface area contributed by atoms with E-state index in [0.717, 1.165) is 77.0 Å². The van der Waals surface area contributed by atoms with E-state index >= 15 is 0 Å². The maximum Gasteiger partial charge on any atom is 0.472 e. The van der Waals surface area contributed by atoms with Crippen LogP contribution in [-0.2, 0) is 32.7 Å². The van der Waals surface area contributed by atoms with Gasteiger partial charge in [0.2, 0.25) is 0 Å². The Labute approximate surface area is 346 Å².